The first kappa shape index (κ1) is 16.2. The second kappa shape index (κ2) is 7.29. The lowest BCUT2D eigenvalue weighted by Gasteiger charge is -2.27. The molecule has 3 rings (SSSR count). The van der Waals surface area contributed by atoms with Crippen LogP contribution in [0.4, 0.5) is 5.82 Å². The molecule has 0 saturated carbocycles. The third kappa shape index (κ3) is 3.82. The number of hydrogen-bond acceptors (Lipinski definition) is 3. The molecule has 0 aliphatic carbocycles. The van der Waals surface area contributed by atoms with Crippen LogP contribution in [0, 0.1) is 6.92 Å². The number of nitrogens with one attached hydrogen (secondary N) is 1. The Hall–Kier alpha value is -2.63. The number of carbonyl (C=O) groups excluding carboxylic acids is 2. The number of aromatic nitrogens is 2. The van der Waals surface area contributed by atoms with E-state index in [1.165, 1.54) is 0 Å². The summed E-state index contributed by atoms with van der Waals surface area (Å²) in [6.45, 7) is 3.94. The smallest absolute Gasteiger partial charge is 0.228 e. The molecule has 0 fully saturated rings. The van der Waals surface area contributed by atoms with E-state index in [0.717, 1.165) is 30.0 Å². The van der Waals surface area contributed by atoms with Gasteiger partial charge in [-0.3, -0.25) is 14.5 Å². The van der Waals surface area contributed by atoms with Gasteiger partial charge in [-0.2, -0.15) is 5.10 Å². The Morgan fingerprint density at radius 1 is 1.17 bits per heavy atom. The summed E-state index contributed by atoms with van der Waals surface area (Å²) >= 11 is 0. The third-order valence-electron chi connectivity index (χ3n) is 4.11. The number of benzene rings is 1. The number of amides is 2. The molecule has 6 heteroatoms. The Labute approximate surface area is 141 Å². The maximum atomic E-state index is 12.5. The Morgan fingerprint density at radius 3 is 2.75 bits per heavy atom. The second-order valence-electron chi connectivity index (χ2n) is 6.03. The van der Waals surface area contributed by atoms with Crippen LogP contribution >= 0.6 is 0 Å². The molecule has 6 nitrogen and oxygen atoms in total. The first-order valence-electron chi connectivity index (χ1n) is 8.29. The molecule has 0 bridgehead atoms. The van der Waals surface area contributed by atoms with E-state index in [1.54, 1.807) is 4.90 Å². The Bertz CT molecular complexity index is 724. The molecule has 0 unspecified atom stereocenters. The predicted octanol–water partition coefficient (Wildman–Crippen LogP) is 2.02. The van der Waals surface area contributed by atoms with Gasteiger partial charge in [-0.15, -0.1) is 0 Å². The minimum Gasteiger partial charge on any atom is -0.352 e. The van der Waals surface area contributed by atoms with Crippen molar-refractivity contribution < 1.29 is 9.59 Å². The maximum Gasteiger partial charge on any atom is 0.228 e. The number of nitrogens with zero attached hydrogens (tertiary/aromatic N) is 3. The van der Waals surface area contributed by atoms with Crippen LogP contribution in [-0.4, -0.2) is 28.1 Å². The molecule has 0 radical (unpaired) electrons. The van der Waals surface area contributed by atoms with E-state index >= 15 is 0 Å². The minimum atomic E-state index is -0.103. The van der Waals surface area contributed by atoms with E-state index in [1.807, 2.05) is 48.0 Å². The molecule has 2 aromatic rings. The van der Waals surface area contributed by atoms with Gasteiger partial charge in [0.25, 0.3) is 0 Å². The molecule has 24 heavy (non-hydrogen) atoms. The summed E-state index contributed by atoms with van der Waals surface area (Å²) in [5.41, 5.74) is 1.96. The van der Waals surface area contributed by atoms with E-state index in [2.05, 4.69) is 10.4 Å². The number of aryl methyl sites for hydroxylation is 2. The highest BCUT2D eigenvalue weighted by Crippen LogP contribution is 2.22. The fraction of sp³-hybridized carbons (Fsp3) is 0.389. The van der Waals surface area contributed by atoms with Crippen molar-refractivity contribution in [3.05, 3.63) is 47.7 Å². The van der Waals surface area contributed by atoms with Crippen LogP contribution in [-0.2, 0) is 22.7 Å². The number of anilines is 1. The number of fused-ring (bicyclic) bond motifs is 1. The van der Waals surface area contributed by atoms with Gasteiger partial charge in [0.1, 0.15) is 5.82 Å². The lowest BCUT2D eigenvalue weighted by Crippen LogP contribution is -2.38. The van der Waals surface area contributed by atoms with Crippen molar-refractivity contribution in [2.45, 2.75) is 39.3 Å². The average Bonchev–Trinajstić information content (AvgIpc) is 2.98. The molecule has 0 atom stereocenters. The Morgan fingerprint density at radius 2 is 1.96 bits per heavy atom. The highest BCUT2D eigenvalue weighted by Gasteiger charge is 2.24. The highest BCUT2D eigenvalue weighted by molar-refractivity contribution is 5.95. The topological polar surface area (TPSA) is 67.2 Å². The zero-order chi connectivity index (χ0) is 16.9. The van der Waals surface area contributed by atoms with Gasteiger partial charge >= 0.3 is 0 Å². The summed E-state index contributed by atoms with van der Waals surface area (Å²) in [7, 11) is 0. The van der Waals surface area contributed by atoms with Crippen LogP contribution in [0.2, 0.25) is 0 Å². The van der Waals surface area contributed by atoms with Crippen LogP contribution < -0.4 is 10.2 Å². The summed E-state index contributed by atoms with van der Waals surface area (Å²) in [5.74, 6) is 0.716. The third-order valence-corrected chi connectivity index (χ3v) is 4.11. The van der Waals surface area contributed by atoms with E-state index in [9.17, 15) is 9.59 Å². The molecule has 1 N–H and O–H groups in total. The van der Waals surface area contributed by atoms with Gasteiger partial charge in [-0.25, -0.2) is 4.68 Å². The maximum absolute atomic E-state index is 12.5. The lowest BCUT2D eigenvalue weighted by molar-refractivity contribution is -0.125. The summed E-state index contributed by atoms with van der Waals surface area (Å²) in [4.78, 5) is 26.2. The van der Waals surface area contributed by atoms with Crippen molar-refractivity contribution in [1.82, 2.24) is 15.1 Å². The Balaban J connectivity index is 1.50. The van der Waals surface area contributed by atoms with Gasteiger partial charge in [0.05, 0.1) is 5.69 Å². The summed E-state index contributed by atoms with van der Waals surface area (Å²) in [5, 5.41) is 7.24. The molecule has 0 saturated heterocycles. The van der Waals surface area contributed by atoms with E-state index in [0.29, 0.717) is 13.1 Å². The van der Waals surface area contributed by atoms with Crippen LogP contribution in [0.25, 0.3) is 0 Å². The van der Waals surface area contributed by atoms with Gasteiger partial charge in [-0.05, 0) is 18.9 Å². The Kier molecular flexibility index (Phi) is 4.93. The van der Waals surface area contributed by atoms with Crippen molar-refractivity contribution in [2.24, 2.45) is 0 Å². The quantitative estimate of drug-likeness (QED) is 0.914. The van der Waals surface area contributed by atoms with Crippen molar-refractivity contribution >= 4 is 17.6 Å². The molecule has 126 valence electrons. The van der Waals surface area contributed by atoms with Crippen molar-refractivity contribution in [2.75, 3.05) is 11.4 Å². The van der Waals surface area contributed by atoms with Crippen LogP contribution in [0.15, 0.2) is 36.4 Å². The zero-order valence-corrected chi connectivity index (χ0v) is 13.9. The van der Waals surface area contributed by atoms with Crippen molar-refractivity contribution in [3.63, 3.8) is 0 Å². The molecule has 2 amide bonds. The van der Waals surface area contributed by atoms with Gasteiger partial charge in [-0.1, -0.05) is 30.3 Å². The van der Waals surface area contributed by atoms with Gasteiger partial charge < -0.3 is 5.32 Å². The van der Waals surface area contributed by atoms with E-state index in [-0.39, 0.29) is 24.7 Å². The van der Waals surface area contributed by atoms with Crippen LogP contribution in [0.3, 0.4) is 0 Å². The summed E-state index contributed by atoms with van der Waals surface area (Å²) < 4.78 is 1.87. The monoisotopic (exact) mass is 326 g/mol. The number of carbonyl (C=O) groups is 2. The molecule has 1 aromatic heterocycles. The molecule has 1 aliphatic heterocycles. The molecule has 1 aliphatic rings. The van der Waals surface area contributed by atoms with Crippen LogP contribution in [0.5, 0.6) is 0 Å². The average molecular weight is 326 g/mol. The first-order valence-corrected chi connectivity index (χ1v) is 8.29. The molecular weight excluding hydrogens is 304 g/mol. The fourth-order valence-electron chi connectivity index (χ4n) is 2.90. The summed E-state index contributed by atoms with van der Waals surface area (Å²) in [6.07, 6.45) is 1.31. The highest BCUT2D eigenvalue weighted by atomic mass is 16.2. The standard InChI is InChI=1S/C18H22N4O2/c1-14-12-17-21(10-5-11-22(17)20-14)18(24)9-8-16(23)19-13-15-6-3-2-4-7-15/h2-4,6-7,12H,5,8-11,13H2,1H3,(H,19,23). The number of rotatable bonds is 5. The lowest BCUT2D eigenvalue weighted by atomic mass is 10.2. The van der Waals surface area contributed by atoms with Crippen molar-refractivity contribution in [1.29, 1.82) is 0 Å². The normalized spacial score (nSPS) is 13.5. The van der Waals surface area contributed by atoms with Crippen LogP contribution in [0.1, 0.15) is 30.5 Å². The first-order chi connectivity index (χ1) is 11.6. The van der Waals surface area contributed by atoms with Gasteiger partial charge in [0.15, 0.2) is 0 Å². The molecule has 2 heterocycles. The molecule has 0 spiro atoms. The minimum absolute atomic E-state index is 0.0225. The van der Waals surface area contributed by atoms with Gasteiger partial charge in [0, 0.05) is 38.5 Å². The number of hydrogen-bond donors (Lipinski definition) is 1. The largest absolute Gasteiger partial charge is 0.352 e. The van der Waals surface area contributed by atoms with Gasteiger partial charge in [0.2, 0.25) is 11.8 Å². The molecular formula is C18H22N4O2. The fourth-order valence-corrected chi connectivity index (χ4v) is 2.90. The second-order valence-corrected chi connectivity index (χ2v) is 6.03. The van der Waals surface area contributed by atoms with Crippen molar-refractivity contribution in [3.8, 4) is 0 Å². The van der Waals surface area contributed by atoms with E-state index in [4.69, 9.17) is 0 Å². The van der Waals surface area contributed by atoms with E-state index < -0.39 is 0 Å². The SMILES string of the molecule is Cc1cc2n(n1)CCCN2C(=O)CCC(=O)NCc1ccccc1. The zero-order valence-electron chi connectivity index (χ0n) is 13.9. The summed E-state index contributed by atoms with van der Waals surface area (Å²) in [6, 6.07) is 11.7. The predicted molar refractivity (Wildman–Crippen MR) is 91.5 cm³/mol. The molecule has 1 aromatic carbocycles.